The molecule has 1 saturated carbocycles. The van der Waals surface area contributed by atoms with Crippen molar-refractivity contribution in [3.63, 3.8) is 0 Å². The van der Waals surface area contributed by atoms with E-state index >= 15 is 0 Å². The Labute approximate surface area is 117 Å². The highest BCUT2D eigenvalue weighted by Crippen LogP contribution is 2.39. The zero-order chi connectivity index (χ0) is 14.5. The van der Waals surface area contributed by atoms with E-state index in [-0.39, 0.29) is 11.5 Å². The van der Waals surface area contributed by atoms with Crippen LogP contribution in [0.4, 0.5) is 4.79 Å². The molecule has 0 aromatic heterocycles. The average Bonchev–Trinajstić information content (AvgIpc) is 2.73. The number of nitrogens with zero attached hydrogens (tertiary/aromatic N) is 1. The summed E-state index contributed by atoms with van der Waals surface area (Å²) in [6.45, 7) is 9.86. The number of carbonyl (C=O) groups is 1. The number of amides is 1. The van der Waals surface area contributed by atoms with Crippen molar-refractivity contribution in [1.82, 2.24) is 4.90 Å². The Balaban J connectivity index is 2.66. The molecule has 0 heterocycles. The van der Waals surface area contributed by atoms with E-state index in [1.807, 2.05) is 32.6 Å². The minimum absolute atomic E-state index is 0.127. The molecular formula is C15H29NO3. The zero-order valence-corrected chi connectivity index (χ0v) is 13.1. The van der Waals surface area contributed by atoms with Crippen LogP contribution in [0.2, 0.25) is 0 Å². The van der Waals surface area contributed by atoms with Crippen LogP contribution in [0.5, 0.6) is 0 Å². The molecule has 0 spiro atoms. The van der Waals surface area contributed by atoms with E-state index in [4.69, 9.17) is 9.47 Å². The summed E-state index contributed by atoms with van der Waals surface area (Å²) in [6.07, 6.45) is 4.53. The SMILES string of the molecule is CCN(CC1(COC)CCCC1)C(=O)OC(C)(C)C. The van der Waals surface area contributed by atoms with E-state index in [0.29, 0.717) is 6.54 Å². The van der Waals surface area contributed by atoms with Gasteiger partial charge in [0.15, 0.2) is 0 Å². The Morgan fingerprint density at radius 1 is 1.26 bits per heavy atom. The summed E-state index contributed by atoms with van der Waals surface area (Å²) in [5.41, 5.74) is -0.309. The second kappa shape index (κ2) is 6.60. The van der Waals surface area contributed by atoms with E-state index < -0.39 is 5.60 Å². The normalized spacial score (nSPS) is 18.4. The van der Waals surface area contributed by atoms with E-state index in [9.17, 15) is 4.79 Å². The van der Waals surface area contributed by atoms with Crippen LogP contribution in [0.15, 0.2) is 0 Å². The third-order valence-electron chi connectivity index (χ3n) is 3.67. The van der Waals surface area contributed by atoms with Crippen molar-refractivity contribution < 1.29 is 14.3 Å². The van der Waals surface area contributed by atoms with Crippen LogP contribution < -0.4 is 0 Å². The molecule has 4 nitrogen and oxygen atoms in total. The van der Waals surface area contributed by atoms with Crippen molar-refractivity contribution in [3.05, 3.63) is 0 Å². The van der Waals surface area contributed by atoms with Gasteiger partial charge >= 0.3 is 6.09 Å². The van der Waals surface area contributed by atoms with Gasteiger partial charge < -0.3 is 14.4 Å². The van der Waals surface area contributed by atoms with Gasteiger partial charge in [-0.05, 0) is 40.5 Å². The predicted octanol–water partition coefficient (Wildman–Crippen LogP) is 3.45. The predicted molar refractivity (Wildman–Crippen MR) is 76.3 cm³/mol. The van der Waals surface area contributed by atoms with Crippen LogP contribution in [-0.4, -0.2) is 43.4 Å². The number of ether oxygens (including phenoxy) is 2. The maximum Gasteiger partial charge on any atom is 0.410 e. The Bertz CT molecular complexity index is 290. The fourth-order valence-electron chi connectivity index (χ4n) is 2.82. The lowest BCUT2D eigenvalue weighted by Crippen LogP contribution is -2.44. The summed E-state index contributed by atoms with van der Waals surface area (Å²) >= 11 is 0. The summed E-state index contributed by atoms with van der Waals surface area (Å²) in [5, 5.41) is 0. The molecule has 1 fully saturated rings. The third-order valence-corrected chi connectivity index (χ3v) is 3.67. The smallest absolute Gasteiger partial charge is 0.410 e. The van der Waals surface area contributed by atoms with Gasteiger partial charge in [0.1, 0.15) is 5.60 Å². The summed E-state index contributed by atoms with van der Waals surface area (Å²) in [5.74, 6) is 0. The first-order valence-electron chi connectivity index (χ1n) is 7.29. The number of hydrogen-bond donors (Lipinski definition) is 0. The first-order valence-corrected chi connectivity index (χ1v) is 7.29. The maximum absolute atomic E-state index is 12.2. The molecule has 0 N–H and O–H groups in total. The molecule has 1 amide bonds. The zero-order valence-electron chi connectivity index (χ0n) is 13.1. The Kier molecular flexibility index (Phi) is 5.65. The average molecular weight is 271 g/mol. The summed E-state index contributed by atoms with van der Waals surface area (Å²) in [7, 11) is 1.74. The van der Waals surface area contributed by atoms with Gasteiger partial charge in [-0.1, -0.05) is 12.8 Å². The molecule has 4 heteroatoms. The Hall–Kier alpha value is -0.770. The number of methoxy groups -OCH3 is 1. The van der Waals surface area contributed by atoms with Crippen LogP contribution in [-0.2, 0) is 9.47 Å². The molecule has 1 rings (SSSR count). The lowest BCUT2D eigenvalue weighted by atomic mass is 9.86. The van der Waals surface area contributed by atoms with Crippen molar-refractivity contribution in [2.75, 3.05) is 26.8 Å². The fraction of sp³-hybridized carbons (Fsp3) is 0.933. The standard InChI is InChI=1S/C15H29NO3/c1-6-16(13(17)19-14(2,3)4)11-15(12-18-5)9-7-8-10-15/h6-12H2,1-5H3. The van der Waals surface area contributed by atoms with Gasteiger partial charge in [0, 0.05) is 25.6 Å². The minimum atomic E-state index is -0.436. The number of rotatable bonds is 5. The van der Waals surface area contributed by atoms with Crippen molar-refractivity contribution in [3.8, 4) is 0 Å². The molecule has 0 aromatic carbocycles. The molecule has 0 atom stereocenters. The molecule has 0 aromatic rings. The Morgan fingerprint density at radius 2 is 1.84 bits per heavy atom. The van der Waals surface area contributed by atoms with E-state index in [0.717, 1.165) is 26.0 Å². The molecule has 0 bridgehead atoms. The molecule has 1 aliphatic rings. The van der Waals surface area contributed by atoms with E-state index in [1.54, 1.807) is 7.11 Å². The maximum atomic E-state index is 12.2. The molecule has 0 unspecified atom stereocenters. The molecular weight excluding hydrogens is 242 g/mol. The van der Waals surface area contributed by atoms with Crippen molar-refractivity contribution >= 4 is 6.09 Å². The summed E-state index contributed by atoms with van der Waals surface area (Å²) < 4.78 is 10.8. The van der Waals surface area contributed by atoms with Gasteiger partial charge in [-0.15, -0.1) is 0 Å². The monoisotopic (exact) mass is 271 g/mol. The van der Waals surface area contributed by atoms with Crippen molar-refractivity contribution in [2.45, 2.75) is 59.0 Å². The third kappa shape index (κ3) is 5.01. The number of hydrogen-bond acceptors (Lipinski definition) is 3. The molecule has 19 heavy (non-hydrogen) atoms. The first kappa shape index (κ1) is 16.3. The van der Waals surface area contributed by atoms with Crippen LogP contribution in [0.25, 0.3) is 0 Å². The lowest BCUT2D eigenvalue weighted by molar-refractivity contribution is 0.00519. The van der Waals surface area contributed by atoms with Gasteiger partial charge in [-0.2, -0.15) is 0 Å². The van der Waals surface area contributed by atoms with E-state index in [1.165, 1.54) is 12.8 Å². The molecule has 0 aliphatic heterocycles. The van der Waals surface area contributed by atoms with Gasteiger partial charge in [0.2, 0.25) is 0 Å². The molecule has 1 aliphatic carbocycles. The highest BCUT2D eigenvalue weighted by Gasteiger charge is 2.37. The minimum Gasteiger partial charge on any atom is -0.444 e. The quantitative estimate of drug-likeness (QED) is 0.768. The molecule has 112 valence electrons. The first-order chi connectivity index (χ1) is 8.82. The molecule has 0 radical (unpaired) electrons. The summed E-state index contributed by atoms with van der Waals surface area (Å²) in [6, 6.07) is 0. The van der Waals surface area contributed by atoms with Crippen LogP contribution in [0.3, 0.4) is 0 Å². The second-order valence-electron chi connectivity index (χ2n) is 6.63. The molecule has 0 saturated heterocycles. The van der Waals surface area contributed by atoms with Crippen molar-refractivity contribution in [1.29, 1.82) is 0 Å². The number of carbonyl (C=O) groups excluding carboxylic acids is 1. The highest BCUT2D eigenvalue weighted by atomic mass is 16.6. The largest absolute Gasteiger partial charge is 0.444 e. The van der Waals surface area contributed by atoms with Crippen molar-refractivity contribution in [2.24, 2.45) is 5.41 Å². The van der Waals surface area contributed by atoms with Crippen LogP contribution >= 0.6 is 0 Å². The van der Waals surface area contributed by atoms with Gasteiger partial charge in [-0.25, -0.2) is 4.79 Å². The van der Waals surface area contributed by atoms with Gasteiger partial charge in [0.05, 0.1) is 6.61 Å². The Morgan fingerprint density at radius 3 is 2.26 bits per heavy atom. The fourth-order valence-corrected chi connectivity index (χ4v) is 2.82. The van der Waals surface area contributed by atoms with Gasteiger partial charge in [0.25, 0.3) is 0 Å². The topological polar surface area (TPSA) is 38.8 Å². The lowest BCUT2D eigenvalue weighted by Gasteiger charge is -2.35. The van der Waals surface area contributed by atoms with Crippen LogP contribution in [0.1, 0.15) is 53.4 Å². The highest BCUT2D eigenvalue weighted by molar-refractivity contribution is 5.68. The second-order valence-corrected chi connectivity index (χ2v) is 6.63. The summed E-state index contributed by atoms with van der Waals surface area (Å²) in [4.78, 5) is 14.0. The van der Waals surface area contributed by atoms with Crippen LogP contribution in [0, 0.1) is 5.41 Å². The van der Waals surface area contributed by atoms with E-state index in [2.05, 4.69) is 0 Å². The van der Waals surface area contributed by atoms with Gasteiger partial charge in [-0.3, -0.25) is 0 Å².